The van der Waals surface area contributed by atoms with Crippen LogP contribution in [0, 0.1) is 0 Å². The molecule has 146 valence electrons. The van der Waals surface area contributed by atoms with Crippen molar-refractivity contribution in [3.63, 3.8) is 0 Å². The van der Waals surface area contributed by atoms with E-state index in [1.165, 1.54) is 4.90 Å². The van der Waals surface area contributed by atoms with Gasteiger partial charge < -0.3 is 14.7 Å². The second-order valence-corrected chi connectivity index (χ2v) is 6.94. The molecule has 1 aromatic carbocycles. The van der Waals surface area contributed by atoms with Gasteiger partial charge in [0.2, 0.25) is 5.91 Å². The molecule has 1 aliphatic heterocycles. The Bertz CT molecular complexity index is 881. The van der Waals surface area contributed by atoms with Crippen LogP contribution in [0.5, 0.6) is 0 Å². The molecule has 0 radical (unpaired) electrons. The van der Waals surface area contributed by atoms with Gasteiger partial charge in [0.25, 0.3) is 0 Å². The SMILES string of the molecule is CC1=C(C(=O)OCc2ccncc2)C(c2ccc(Cl)cc2)CC(=O)N1CCO. The summed E-state index contributed by atoms with van der Waals surface area (Å²) in [6.07, 6.45) is 3.39. The van der Waals surface area contributed by atoms with Crippen LogP contribution >= 0.6 is 11.6 Å². The third kappa shape index (κ3) is 4.40. The predicted octanol–water partition coefficient (Wildman–Crippen LogP) is 3.06. The minimum Gasteiger partial charge on any atom is -0.457 e. The molecule has 1 unspecified atom stereocenters. The smallest absolute Gasteiger partial charge is 0.336 e. The largest absolute Gasteiger partial charge is 0.457 e. The number of amides is 1. The maximum atomic E-state index is 13.0. The van der Waals surface area contributed by atoms with Crippen LogP contribution in [0.15, 0.2) is 60.1 Å². The van der Waals surface area contributed by atoms with E-state index < -0.39 is 11.9 Å². The molecule has 3 rings (SSSR count). The number of carbonyl (C=O) groups is 2. The van der Waals surface area contributed by atoms with Gasteiger partial charge in [-0.3, -0.25) is 9.78 Å². The summed E-state index contributed by atoms with van der Waals surface area (Å²) in [5.41, 5.74) is 2.56. The molecule has 1 atom stereocenters. The molecule has 1 aromatic heterocycles. The minimum absolute atomic E-state index is 0.111. The van der Waals surface area contributed by atoms with Crippen molar-refractivity contribution in [2.45, 2.75) is 25.9 Å². The average Bonchev–Trinajstić information content (AvgIpc) is 2.70. The van der Waals surface area contributed by atoms with Crippen LogP contribution < -0.4 is 0 Å². The Kier molecular flexibility index (Phi) is 6.44. The third-order valence-electron chi connectivity index (χ3n) is 4.76. The van der Waals surface area contributed by atoms with Crippen molar-refractivity contribution in [1.29, 1.82) is 0 Å². The lowest BCUT2D eigenvalue weighted by atomic mass is 9.83. The molecule has 0 aliphatic carbocycles. The highest BCUT2D eigenvalue weighted by molar-refractivity contribution is 6.30. The second-order valence-electron chi connectivity index (χ2n) is 6.51. The number of esters is 1. The van der Waals surface area contributed by atoms with Gasteiger partial charge in [0.15, 0.2) is 0 Å². The molecule has 0 saturated carbocycles. The first kappa shape index (κ1) is 20.0. The summed E-state index contributed by atoms with van der Waals surface area (Å²) in [5.74, 6) is -1.05. The third-order valence-corrected chi connectivity index (χ3v) is 5.01. The first-order chi connectivity index (χ1) is 13.5. The van der Waals surface area contributed by atoms with Crippen LogP contribution in [0.3, 0.4) is 0 Å². The number of benzene rings is 1. The van der Waals surface area contributed by atoms with E-state index in [0.29, 0.717) is 16.3 Å². The van der Waals surface area contributed by atoms with Crippen LogP contribution in [0.1, 0.15) is 30.4 Å². The quantitative estimate of drug-likeness (QED) is 0.754. The first-order valence-corrected chi connectivity index (χ1v) is 9.32. The minimum atomic E-state index is -0.482. The number of carbonyl (C=O) groups excluding carboxylic acids is 2. The summed E-state index contributed by atoms with van der Waals surface area (Å²) in [5, 5.41) is 9.87. The summed E-state index contributed by atoms with van der Waals surface area (Å²) in [6, 6.07) is 10.6. The van der Waals surface area contributed by atoms with E-state index in [4.69, 9.17) is 16.3 Å². The lowest BCUT2D eigenvalue weighted by molar-refractivity contribution is -0.141. The Balaban J connectivity index is 1.92. The second kappa shape index (κ2) is 8.99. The Labute approximate surface area is 168 Å². The van der Waals surface area contributed by atoms with Gasteiger partial charge in [-0.05, 0) is 42.3 Å². The van der Waals surface area contributed by atoms with Crippen molar-refractivity contribution in [2.75, 3.05) is 13.2 Å². The molecule has 2 aromatic rings. The molecule has 7 heteroatoms. The number of halogens is 1. The van der Waals surface area contributed by atoms with Crippen molar-refractivity contribution in [3.8, 4) is 0 Å². The number of β-amino-alcohol motifs (C(OH)–C–C–N with tert-alkyl or cyclic N) is 1. The van der Waals surface area contributed by atoms with Gasteiger partial charge in [-0.2, -0.15) is 0 Å². The fraction of sp³-hybridized carbons (Fsp3) is 0.286. The van der Waals surface area contributed by atoms with Gasteiger partial charge in [-0.15, -0.1) is 0 Å². The maximum Gasteiger partial charge on any atom is 0.336 e. The van der Waals surface area contributed by atoms with Gasteiger partial charge in [-0.25, -0.2) is 4.79 Å². The van der Waals surface area contributed by atoms with E-state index in [1.54, 1.807) is 43.6 Å². The van der Waals surface area contributed by atoms with Crippen LogP contribution in [0.25, 0.3) is 0 Å². The standard InChI is InChI=1S/C21H21ClN2O4/c1-14-20(21(27)28-13-15-6-8-23-9-7-15)18(12-19(26)24(14)10-11-25)16-2-4-17(22)5-3-16/h2-9,18,25H,10-13H2,1H3. The number of aliphatic hydroxyl groups is 1. The van der Waals surface area contributed by atoms with E-state index in [1.807, 2.05) is 12.1 Å². The molecule has 1 amide bonds. The van der Waals surface area contributed by atoms with Crippen molar-refractivity contribution < 1.29 is 19.4 Å². The highest BCUT2D eigenvalue weighted by Gasteiger charge is 2.36. The Morgan fingerprint density at radius 1 is 1.25 bits per heavy atom. The molecule has 0 spiro atoms. The Morgan fingerprint density at radius 3 is 2.57 bits per heavy atom. The van der Waals surface area contributed by atoms with Crippen molar-refractivity contribution in [3.05, 3.63) is 76.2 Å². The summed E-state index contributed by atoms with van der Waals surface area (Å²) in [7, 11) is 0. The normalized spacial score (nSPS) is 17.0. The van der Waals surface area contributed by atoms with Crippen LogP contribution in [-0.4, -0.2) is 40.0 Å². The summed E-state index contributed by atoms with van der Waals surface area (Å²) < 4.78 is 5.52. The zero-order valence-electron chi connectivity index (χ0n) is 15.5. The number of allylic oxidation sites excluding steroid dienone is 1. The molecule has 1 N–H and O–H groups in total. The monoisotopic (exact) mass is 400 g/mol. The molecule has 0 bridgehead atoms. The lowest BCUT2D eigenvalue weighted by Gasteiger charge is -2.34. The van der Waals surface area contributed by atoms with Gasteiger partial charge in [-0.1, -0.05) is 23.7 Å². The van der Waals surface area contributed by atoms with Crippen molar-refractivity contribution in [2.24, 2.45) is 0 Å². The number of aromatic nitrogens is 1. The fourth-order valence-corrected chi connectivity index (χ4v) is 3.47. The number of aliphatic hydroxyl groups excluding tert-OH is 1. The van der Waals surface area contributed by atoms with Crippen molar-refractivity contribution >= 4 is 23.5 Å². The van der Waals surface area contributed by atoms with Gasteiger partial charge in [0.1, 0.15) is 6.61 Å². The zero-order valence-corrected chi connectivity index (χ0v) is 16.2. The number of nitrogens with zero attached hydrogens (tertiary/aromatic N) is 2. The first-order valence-electron chi connectivity index (χ1n) is 8.94. The van der Waals surface area contributed by atoms with Gasteiger partial charge in [0.05, 0.1) is 12.2 Å². The molecule has 2 heterocycles. The van der Waals surface area contributed by atoms with Crippen LogP contribution in [0.4, 0.5) is 0 Å². The molecule has 0 saturated heterocycles. The van der Waals surface area contributed by atoms with E-state index in [2.05, 4.69) is 4.98 Å². The van der Waals surface area contributed by atoms with Crippen molar-refractivity contribution in [1.82, 2.24) is 9.88 Å². The van der Waals surface area contributed by atoms with E-state index in [-0.39, 0.29) is 32.1 Å². The van der Waals surface area contributed by atoms with Crippen LogP contribution in [-0.2, 0) is 20.9 Å². The number of rotatable bonds is 6. The molecule has 0 fully saturated rings. The lowest BCUT2D eigenvalue weighted by Crippen LogP contribution is -2.39. The molecular weight excluding hydrogens is 380 g/mol. The predicted molar refractivity (Wildman–Crippen MR) is 104 cm³/mol. The Morgan fingerprint density at radius 2 is 1.93 bits per heavy atom. The molecule has 6 nitrogen and oxygen atoms in total. The Hall–Kier alpha value is -2.70. The van der Waals surface area contributed by atoms with Gasteiger partial charge >= 0.3 is 5.97 Å². The van der Waals surface area contributed by atoms with E-state index >= 15 is 0 Å². The fourth-order valence-electron chi connectivity index (χ4n) is 3.34. The summed E-state index contributed by atoms with van der Waals surface area (Å²) in [4.78, 5) is 30.9. The topological polar surface area (TPSA) is 79.7 Å². The number of hydrogen-bond donors (Lipinski definition) is 1. The highest BCUT2D eigenvalue weighted by atomic mass is 35.5. The van der Waals surface area contributed by atoms with Crippen LogP contribution in [0.2, 0.25) is 5.02 Å². The van der Waals surface area contributed by atoms with Gasteiger partial charge in [0, 0.05) is 42.0 Å². The molecular formula is C21H21ClN2O4. The average molecular weight is 401 g/mol. The number of pyridine rings is 1. The van der Waals surface area contributed by atoms with E-state index in [9.17, 15) is 14.7 Å². The summed E-state index contributed by atoms with van der Waals surface area (Å²) >= 11 is 5.98. The maximum absolute atomic E-state index is 13.0. The zero-order chi connectivity index (χ0) is 20.1. The summed E-state index contributed by atoms with van der Waals surface area (Å²) in [6.45, 7) is 1.77. The molecule has 1 aliphatic rings. The molecule has 28 heavy (non-hydrogen) atoms. The van der Waals surface area contributed by atoms with E-state index in [0.717, 1.165) is 11.1 Å². The number of hydrogen-bond acceptors (Lipinski definition) is 5. The highest BCUT2D eigenvalue weighted by Crippen LogP contribution is 2.37. The number of ether oxygens (including phenoxy) is 1.